The largest absolute Gasteiger partial charge is 0.497 e. The van der Waals surface area contributed by atoms with E-state index in [0.29, 0.717) is 23.7 Å². The van der Waals surface area contributed by atoms with E-state index in [2.05, 4.69) is 15.8 Å². The van der Waals surface area contributed by atoms with Crippen molar-refractivity contribution in [1.82, 2.24) is 5.16 Å². The van der Waals surface area contributed by atoms with Gasteiger partial charge in [0.15, 0.2) is 13.1 Å². The van der Waals surface area contributed by atoms with E-state index >= 15 is 0 Å². The molecule has 31 heavy (non-hydrogen) atoms. The summed E-state index contributed by atoms with van der Waals surface area (Å²) in [5.74, 6) is 0.502. The van der Waals surface area contributed by atoms with Crippen molar-refractivity contribution >= 4 is 23.4 Å². The highest BCUT2D eigenvalue weighted by Crippen LogP contribution is 2.22. The van der Waals surface area contributed by atoms with Gasteiger partial charge >= 0.3 is 0 Å². The van der Waals surface area contributed by atoms with E-state index in [-0.39, 0.29) is 30.8 Å². The molecule has 1 unspecified atom stereocenters. The Morgan fingerprint density at radius 3 is 2.42 bits per heavy atom. The molecule has 3 rings (SSSR count). The molecule has 3 aromatic rings. The average Bonchev–Trinajstić information content (AvgIpc) is 3.22. The Hall–Kier alpha value is -3.65. The first kappa shape index (κ1) is 22.0. The van der Waals surface area contributed by atoms with Crippen LogP contribution in [0, 0.1) is 6.92 Å². The summed E-state index contributed by atoms with van der Waals surface area (Å²) in [6.07, 6.45) is 0. The number of aromatic nitrogens is 1. The maximum absolute atomic E-state index is 12.4. The number of anilines is 2. The molecule has 0 bridgehead atoms. The summed E-state index contributed by atoms with van der Waals surface area (Å²) in [4.78, 5) is 25.6. The smallest absolute Gasteiger partial charge is 0.281 e. The van der Waals surface area contributed by atoms with Crippen molar-refractivity contribution < 1.29 is 23.7 Å². The lowest BCUT2D eigenvalue weighted by molar-refractivity contribution is -0.881. The minimum atomic E-state index is -0.252. The topological polar surface area (TPSA) is 97.9 Å². The number of benzene rings is 2. The van der Waals surface area contributed by atoms with Crippen LogP contribution in [0.4, 0.5) is 11.6 Å². The first-order chi connectivity index (χ1) is 15.0. The van der Waals surface area contributed by atoms with Crippen molar-refractivity contribution in [2.24, 2.45) is 0 Å². The van der Waals surface area contributed by atoms with E-state index in [4.69, 9.17) is 9.26 Å². The molecule has 0 aliphatic heterocycles. The lowest BCUT2D eigenvalue weighted by Crippen LogP contribution is -3.13. The van der Waals surface area contributed by atoms with Crippen molar-refractivity contribution in [3.63, 3.8) is 0 Å². The lowest BCUT2D eigenvalue weighted by atomic mass is 10.1. The summed E-state index contributed by atoms with van der Waals surface area (Å²) in [6, 6.07) is 16.7. The second kappa shape index (κ2) is 10.4. The van der Waals surface area contributed by atoms with E-state index in [1.807, 2.05) is 38.1 Å². The summed E-state index contributed by atoms with van der Waals surface area (Å²) in [5, 5.41) is 9.55. The van der Waals surface area contributed by atoms with Gasteiger partial charge in [0.1, 0.15) is 11.4 Å². The summed E-state index contributed by atoms with van der Waals surface area (Å²) >= 11 is 0. The van der Waals surface area contributed by atoms with Crippen LogP contribution < -0.4 is 20.3 Å². The molecule has 2 amide bonds. The number of carbonyl (C=O) groups excluding carboxylic acids is 2. The number of hydrogen-bond acceptors (Lipinski definition) is 5. The van der Waals surface area contributed by atoms with Crippen molar-refractivity contribution in [3.8, 4) is 17.0 Å². The molecule has 1 heterocycles. The highest BCUT2D eigenvalue weighted by Gasteiger charge is 2.18. The van der Waals surface area contributed by atoms with Gasteiger partial charge in [-0.1, -0.05) is 41.1 Å². The number of quaternary nitrogens is 1. The van der Waals surface area contributed by atoms with Crippen LogP contribution in [-0.4, -0.2) is 43.7 Å². The fourth-order valence-corrected chi connectivity index (χ4v) is 3.05. The van der Waals surface area contributed by atoms with Crippen molar-refractivity contribution in [1.29, 1.82) is 0 Å². The molecule has 3 N–H and O–H groups in total. The number of amides is 2. The molecule has 0 aliphatic rings. The molecule has 0 radical (unpaired) electrons. The monoisotopic (exact) mass is 423 g/mol. The molecule has 1 atom stereocenters. The van der Waals surface area contributed by atoms with Gasteiger partial charge in [0, 0.05) is 23.4 Å². The van der Waals surface area contributed by atoms with Crippen LogP contribution >= 0.6 is 0 Å². The van der Waals surface area contributed by atoms with Gasteiger partial charge in [-0.15, -0.1) is 0 Å². The molecule has 1 aromatic heterocycles. The summed E-state index contributed by atoms with van der Waals surface area (Å²) < 4.78 is 10.4. The number of rotatable bonds is 9. The zero-order valence-corrected chi connectivity index (χ0v) is 17.9. The van der Waals surface area contributed by atoms with Crippen LogP contribution in [0.15, 0.2) is 59.1 Å². The number of hydrogen-bond donors (Lipinski definition) is 3. The van der Waals surface area contributed by atoms with Gasteiger partial charge < -0.3 is 19.5 Å². The molecule has 8 nitrogen and oxygen atoms in total. The molecular formula is C23H27N4O4+. The zero-order valence-electron chi connectivity index (χ0n) is 17.9. The summed E-state index contributed by atoms with van der Waals surface area (Å²) in [6.45, 7) is 4.83. The van der Waals surface area contributed by atoms with Gasteiger partial charge in [0.05, 0.1) is 13.7 Å². The third kappa shape index (κ3) is 6.42. The third-order valence-electron chi connectivity index (χ3n) is 4.79. The molecule has 8 heteroatoms. The SMILES string of the molecule is CC[NH+](CC(=O)Nc1cccc(OC)c1)CC(=O)Nc1cc(-c2ccc(C)cc2)no1. The molecular weight excluding hydrogens is 396 g/mol. The molecule has 0 aliphatic carbocycles. The first-order valence-electron chi connectivity index (χ1n) is 10.1. The Morgan fingerprint density at radius 1 is 1.03 bits per heavy atom. The number of likely N-dealkylation sites (N-methyl/N-ethyl adjacent to an activating group) is 1. The number of methoxy groups -OCH3 is 1. The number of carbonyl (C=O) groups is 2. The Kier molecular flexibility index (Phi) is 7.40. The molecule has 0 saturated carbocycles. The molecule has 0 fully saturated rings. The number of ether oxygens (including phenoxy) is 1. The molecule has 0 spiro atoms. The van der Waals surface area contributed by atoms with Crippen molar-refractivity contribution in [2.45, 2.75) is 13.8 Å². The Bertz CT molecular complexity index is 1030. The fourth-order valence-electron chi connectivity index (χ4n) is 3.05. The summed E-state index contributed by atoms with van der Waals surface area (Å²) in [7, 11) is 1.57. The second-order valence-electron chi connectivity index (χ2n) is 7.23. The van der Waals surface area contributed by atoms with E-state index in [1.54, 1.807) is 37.4 Å². The quantitative estimate of drug-likeness (QED) is 0.490. The Labute approximate surface area is 181 Å². The van der Waals surface area contributed by atoms with Gasteiger partial charge in [-0.2, -0.15) is 0 Å². The second-order valence-corrected chi connectivity index (χ2v) is 7.23. The molecule has 0 saturated heterocycles. The third-order valence-corrected chi connectivity index (χ3v) is 4.79. The van der Waals surface area contributed by atoms with Crippen molar-refractivity contribution in [3.05, 3.63) is 60.2 Å². The minimum Gasteiger partial charge on any atom is -0.497 e. The predicted octanol–water partition coefficient (Wildman–Crippen LogP) is 2.14. The highest BCUT2D eigenvalue weighted by molar-refractivity contribution is 5.93. The van der Waals surface area contributed by atoms with Crippen molar-refractivity contribution in [2.75, 3.05) is 37.4 Å². The van der Waals surface area contributed by atoms with E-state index in [0.717, 1.165) is 16.0 Å². The van der Waals surface area contributed by atoms with Gasteiger partial charge in [-0.3, -0.25) is 14.9 Å². The number of nitrogens with zero attached hydrogens (tertiary/aromatic N) is 1. The maximum Gasteiger partial charge on any atom is 0.281 e. The lowest BCUT2D eigenvalue weighted by Gasteiger charge is -2.16. The fraction of sp³-hybridized carbons (Fsp3) is 0.261. The predicted molar refractivity (Wildman–Crippen MR) is 118 cm³/mol. The van der Waals surface area contributed by atoms with E-state index in [9.17, 15) is 9.59 Å². The first-order valence-corrected chi connectivity index (χ1v) is 10.1. The minimum absolute atomic E-state index is 0.128. The van der Waals surface area contributed by atoms with Crippen LogP contribution in [-0.2, 0) is 9.59 Å². The van der Waals surface area contributed by atoms with Crippen LogP contribution in [0.1, 0.15) is 12.5 Å². The average molecular weight is 423 g/mol. The number of aryl methyl sites for hydroxylation is 1. The standard InChI is InChI=1S/C23H26N4O4/c1-4-27(14-21(28)24-18-6-5-7-19(12-18)30-3)15-22(29)25-23-13-20(26-31-23)17-10-8-16(2)9-11-17/h5-13H,4,14-15H2,1-3H3,(H,24,28)(H,25,29)/p+1. The van der Waals surface area contributed by atoms with Crippen LogP contribution in [0.5, 0.6) is 5.75 Å². The van der Waals surface area contributed by atoms with Crippen LogP contribution in [0.3, 0.4) is 0 Å². The van der Waals surface area contributed by atoms with Crippen LogP contribution in [0.2, 0.25) is 0 Å². The van der Waals surface area contributed by atoms with Gasteiger partial charge in [-0.25, -0.2) is 0 Å². The van der Waals surface area contributed by atoms with Gasteiger partial charge in [0.2, 0.25) is 5.88 Å². The molecule has 2 aromatic carbocycles. The van der Waals surface area contributed by atoms with E-state index < -0.39 is 0 Å². The zero-order chi connectivity index (χ0) is 22.2. The van der Waals surface area contributed by atoms with Gasteiger partial charge in [0.25, 0.3) is 11.8 Å². The van der Waals surface area contributed by atoms with E-state index in [1.165, 1.54) is 0 Å². The Balaban J connectivity index is 1.52. The normalized spacial score (nSPS) is 11.6. The maximum atomic E-state index is 12.4. The number of nitrogens with one attached hydrogen (secondary N) is 3. The summed E-state index contributed by atoms with van der Waals surface area (Å²) in [5.41, 5.74) is 3.35. The highest BCUT2D eigenvalue weighted by atomic mass is 16.5. The molecule has 162 valence electrons. The van der Waals surface area contributed by atoms with Gasteiger partial charge in [-0.05, 0) is 26.0 Å². The Morgan fingerprint density at radius 2 is 1.74 bits per heavy atom. The van der Waals surface area contributed by atoms with Crippen LogP contribution in [0.25, 0.3) is 11.3 Å².